The zero-order valence-corrected chi connectivity index (χ0v) is 17.7. The van der Waals surface area contributed by atoms with Gasteiger partial charge in [-0.1, -0.05) is 26.0 Å². The van der Waals surface area contributed by atoms with Crippen LogP contribution in [0.3, 0.4) is 0 Å². The predicted molar refractivity (Wildman–Crippen MR) is 116 cm³/mol. The van der Waals surface area contributed by atoms with E-state index in [1.165, 1.54) is 5.56 Å². The lowest BCUT2D eigenvalue weighted by molar-refractivity contribution is 0.0726. The van der Waals surface area contributed by atoms with Crippen molar-refractivity contribution in [3.63, 3.8) is 0 Å². The number of carbonyl (C=O) groups is 1. The molecule has 0 spiro atoms. The van der Waals surface area contributed by atoms with Crippen molar-refractivity contribution < 1.29 is 4.79 Å². The summed E-state index contributed by atoms with van der Waals surface area (Å²) >= 11 is 1.86. The predicted octanol–water partition coefficient (Wildman–Crippen LogP) is 4.22. The minimum atomic E-state index is -0.00120. The van der Waals surface area contributed by atoms with Crippen LogP contribution in [-0.4, -0.2) is 45.0 Å². The standard InChI is InChI=1S/C21H27N5OS/c1-13(2)15-5-7-16(8-6-15)22-19-17-11-26(14(3)4)20(27)18(17)23-21(24-19)25-9-10-28-12-25/h5-8,13-14H,9-12H2,1-4H3,(H,22,23,24). The number of rotatable bonds is 5. The highest BCUT2D eigenvalue weighted by atomic mass is 32.2. The van der Waals surface area contributed by atoms with Crippen molar-refractivity contribution in [3.8, 4) is 0 Å². The molecule has 2 aromatic rings. The molecular formula is C21H27N5OS. The van der Waals surface area contributed by atoms with Crippen molar-refractivity contribution >= 4 is 35.1 Å². The lowest BCUT2D eigenvalue weighted by Crippen LogP contribution is -2.31. The van der Waals surface area contributed by atoms with E-state index < -0.39 is 0 Å². The highest BCUT2D eigenvalue weighted by Gasteiger charge is 2.35. The van der Waals surface area contributed by atoms with Gasteiger partial charge in [-0.2, -0.15) is 4.98 Å². The van der Waals surface area contributed by atoms with Gasteiger partial charge in [-0.3, -0.25) is 4.79 Å². The second-order valence-corrected chi connectivity index (χ2v) is 9.00. The summed E-state index contributed by atoms with van der Waals surface area (Å²) in [6, 6.07) is 8.56. The first-order valence-electron chi connectivity index (χ1n) is 9.85. The first kappa shape index (κ1) is 19.1. The monoisotopic (exact) mass is 397 g/mol. The fourth-order valence-electron chi connectivity index (χ4n) is 3.50. The zero-order chi connectivity index (χ0) is 19.8. The van der Waals surface area contributed by atoms with Gasteiger partial charge in [-0.15, -0.1) is 11.8 Å². The number of fused-ring (bicyclic) bond motifs is 1. The van der Waals surface area contributed by atoms with Gasteiger partial charge < -0.3 is 15.1 Å². The molecule has 2 aliphatic rings. The third-order valence-corrected chi connectivity index (χ3v) is 6.25. The average Bonchev–Trinajstić information content (AvgIpc) is 3.31. The number of thioether (sulfide) groups is 1. The topological polar surface area (TPSA) is 61.4 Å². The van der Waals surface area contributed by atoms with Crippen molar-refractivity contribution in [3.05, 3.63) is 41.1 Å². The molecule has 1 aromatic carbocycles. The van der Waals surface area contributed by atoms with E-state index in [2.05, 4.69) is 53.3 Å². The number of anilines is 3. The van der Waals surface area contributed by atoms with Crippen LogP contribution in [0.4, 0.5) is 17.5 Å². The van der Waals surface area contributed by atoms with Gasteiger partial charge in [-0.25, -0.2) is 4.98 Å². The number of nitrogens with one attached hydrogen (secondary N) is 1. The number of benzene rings is 1. The second kappa shape index (κ2) is 7.62. The fraction of sp³-hybridized carbons (Fsp3) is 0.476. The minimum Gasteiger partial charge on any atom is -0.340 e. The Balaban J connectivity index is 1.71. The Kier molecular flexibility index (Phi) is 5.19. The van der Waals surface area contributed by atoms with E-state index in [-0.39, 0.29) is 11.9 Å². The van der Waals surface area contributed by atoms with E-state index >= 15 is 0 Å². The number of amides is 1. The molecule has 2 aliphatic heterocycles. The van der Waals surface area contributed by atoms with Gasteiger partial charge in [0.05, 0.1) is 12.4 Å². The molecule has 0 bridgehead atoms. The molecular weight excluding hydrogens is 370 g/mol. The molecule has 0 aliphatic carbocycles. The third kappa shape index (κ3) is 3.55. The van der Waals surface area contributed by atoms with Crippen molar-refractivity contribution in [1.82, 2.24) is 14.9 Å². The highest BCUT2D eigenvalue weighted by Crippen LogP contribution is 2.33. The summed E-state index contributed by atoms with van der Waals surface area (Å²) in [4.78, 5) is 26.4. The van der Waals surface area contributed by atoms with Gasteiger partial charge in [0.2, 0.25) is 5.95 Å². The molecule has 1 amide bonds. The number of hydrogen-bond acceptors (Lipinski definition) is 6. The Labute approximate surface area is 170 Å². The van der Waals surface area contributed by atoms with Gasteiger partial charge in [0.25, 0.3) is 5.91 Å². The van der Waals surface area contributed by atoms with Crippen molar-refractivity contribution in [2.24, 2.45) is 0 Å². The lowest BCUT2D eigenvalue weighted by atomic mass is 10.0. The summed E-state index contributed by atoms with van der Waals surface area (Å²) in [6.07, 6.45) is 0. The van der Waals surface area contributed by atoms with Crippen LogP contribution in [0.2, 0.25) is 0 Å². The lowest BCUT2D eigenvalue weighted by Gasteiger charge is -2.19. The van der Waals surface area contributed by atoms with E-state index in [1.54, 1.807) is 0 Å². The highest BCUT2D eigenvalue weighted by molar-refractivity contribution is 7.99. The van der Waals surface area contributed by atoms with Crippen LogP contribution in [0.25, 0.3) is 0 Å². The summed E-state index contributed by atoms with van der Waals surface area (Å²) in [5.41, 5.74) is 3.70. The number of aromatic nitrogens is 2. The van der Waals surface area contributed by atoms with Crippen molar-refractivity contribution in [1.29, 1.82) is 0 Å². The van der Waals surface area contributed by atoms with Crippen LogP contribution in [0.15, 0.2) is 24.3 Å². The van der Waals surface area contributed by atoms with E-state index in [9.17, 15) is 4.79 Å². The summed E-state index contributed by atoms with van der Waals surface area (Å²) in [7, 11) is 0. The summed E-state index contributed by atoms with van der Waals surface area (Å²) in [5.74, 6) is 3.80. The van der Waals surface area contributed by atoms with E-state index in [1.807, 2.05) is 30.5 Å². The Bertz CT molecular complexity index is 875. The summed E-state index contributed by atoms with van der Waals surface area (Å²) in [6.45, 7) is 9.90. The maximum absolute atomic E-state index is 12.9. The summed E-state index contributed by atoms with van der Waals surface area (Å²) in [5, 5.41) is 3.45. The Morgan fingerprint density at radius 1 is 1.11 bits per heavy atom. The minimum absolute atomic E-state index is 0.00120. The smallest absolute Gasteiger partial charge is 0.273 e. The Morgan fingerprint density at radius 3 is 2.46 bits per heavy atom. The molecule has 6 nitrogen and oxygen atoms in total. The maximum Gasteiger partial charge on any atom is 0.273 e. The second-order valence-electron chi connectivity index (χ2n) is 7.93. The number of nitrogens with zero attached hydrogens (tertiary/aromatic N) is 4. The molecule has 1 saturated heterocycles. The first-order chi connectivity index (χ1) is 13.4. The largest absolute Gasteiger partial charge is 0.340 e. The molecule has 0 saturated carbocycles. The SMILES string of the molecule is CC(C)c1ccc(Nc2nc(N3CCSC3)nc3c2CN(C(C)C)C3=O)cc1. The van der Waals surface area contributed by atoms with Gasteiger partial charge in [0.1, 0.15) is 11.5 Å². The van der Waals surface area contributed by atoms with Crippen LogP contribution in [0, 0.1) is 0 Å². The molecule has 1 fully saturated rings. The normalized spacial score (nSPS) is 16.4. The average molecular weight is 398 g/mol. The molecule has 1 aromatic heterocycles. The third-order valence-electron chi connectivity index (χ3n) is 5.29. The van der Waals surface area contributed by atoms with Crippen LogP contribution in [0.1, 0.15) is 55.2 Å². The van der Waals surface area contributed by atoms with Crippen LogP contribution in [-0.2, 0) is 6.54 Å². The van der Waals surface area contributed by atoms with Gasteiger partial charge in [0.15, 0.2) is 0 Å². The molecule has 1 N–H and O–H groups in total. The molecule has 7 heteroatoms. The Hall–Kier alpha value is -2.28. The zero-order valence-electron chi connectivity index (χ0n) is 16.9. The Morgan fingerprint density at radius 2 is 1.86 bits per heavy atom. The quantitative estimate of drug-likeness (QED) is 0.815. The molecule has 28 heavy (non-hydrogen) atoms. The van der Waals surface area contributed by atoms with Crippen molar-refractivity contribution in [2.75, 3.05) is 28.4 Å². The van der Waals surface area contributed by atoms with Crippen LogP contribution >= 0.6 is 11.8 Å². The first-order valence-corrected chi connectivity index (χ1v) is 11.0. The van der Waals surface area contributed by atoms with Crippen LogP contribution in [0.5, 0.6) is 0 Å². The maximum atomic E-state index is 12.9. The molecule has 3 heterocycles. The fourth-order valence-corrected chi connectivity index (χ4v) is 4.44. The molecule has 4 rings (SSSR count). The van der Waals surface area contributed by atoms with E-state index in [0.717, 1.165) is 35.2 Å². The van der Waals surface area contributed by atoms with E-state index in [0.29, 0.717) is 24.1 Å². The molecule has 0 atom stereocenters. The van der Waals surface area contributed by atoms with Gasteiger partial charge in [0, 0.05) is 29.6 Å². The summed E-state index contributed by atoms with van der Waals surface area (Å²) < 4.78 is 0. The number of carbonyl (C=O) groups excluding carboxylic acids is 1. The van der Waals surface area contributed by atoms with Gasteiger partial charge in [-0.05, 0) is 37.5 Å². The van der Waals surface area contributed by atoms with Crippen LogP contribution < -0.4 is 10.2 Å². The molecule has 0 radical (unpaired) electrons. The number of hydrogen-bond donors (Lipinski definition) is 1. The van der Waals surface area contributed by atoms with Crippen molar-refractivity contribution in [2.45, 2.75) is 46.2 Å². The van der Waals surface area contributed by atoms with E-state index in [4.69, 9.17) is 4.98 Å². The molecule has 0 unspecified atom stereocenters. The van der Waals surface area contributed by atoms with Gasteiger partial charge >= 0.3 is 0 Å². The molecule has 148 valence electrons.